The number of rotatable bonds is 7. The average molecular weight is 333 g/mol. The van der Waals surface area contributed by atoms with Crippen molar-refractivity contribution >= 4 is 28.4 Å². The number of H-pyrrole nitrogens is 1. The third kappa shape index (κ3) is 3.94. The Morgan fingerprint density at radius 3 is 3.09 bits per heavy atom. The number of amides is 1. The fourth-order valence-electron chi connectivity index (χ4n) is 2.33. The first-order chi connectivity index (χ1) is 11.2. The van der Waals surface area contributed by atoms with Gasteiger partial charge in [-0.3, -0.25) is 4.79 Å². The van der Waals surface area contributed by atoms with Crippen molar-refractivity contribution in [3.05, 3.63) is 59.1 Å². The maximum Gasteiger partial charge on any atom is 0.253 e. The van der Waals surface area contributed by atoms with E-state index >= 15 is 0 Å². The third-order valence-electron chi connectivity index (χ3n) is 3.46. The number of benzene rings is 1. The smallest absolute Gasteiger partial charge is 0.253 e. The largest absolute Gasteiger partial charge is 0.467 e. The molecule has 0 spiro atoms. The number of nitrogens with one attached hydrogen (secondary N) is 2. The molecule has 0 saturated heterocycles. The quantitative estimate of drug-likeness (QED) is 0.647. The Labute approximate surface area is 138 Å². The topological polar surface area (TPSA) is 67.3 Å². The van der Waals surface area contributed by atoms with Crippen molar-refractivity contribution in [2.24, 2.45) is 0 Å². The van der Waals surface area contributed by atoms with Crippen LogP contribution >= 0.6 is 11.6 Å². The van der Waals surface area contributed by atoms with Crippen molar-refractivity contribution in [3.8, 4) is 0 Å². The zero-order valence-electron chi connectivity index (χ0n) is 12.5. The van der Waals surface area contributed by atoms with Gasteiger partial charge in [0, 0.05) is 35.3 Å². The van der Waals surface area contributed by atoms with E-state index in [9.17, 15) is 4.79 Å². The van der Waals surface area contributed by atoms with E-state index in [0.29, 0.717) is 30.3 Å². The maximum atomic E-state index is 12.2. The van der Waals surface area contributed by atoms with Crippen LogP contribution in [0.15, 0.2) is 47.2 Å². The highest BCUT2D eigenvalue weighted by Crippen LogP contribution is 2.21. The molecule has 0 aliphatic carbocycles. The fraction of sp³-hybridized carbons (Fsp3) is 0.235. The number of aromatic nitrogens is 1. The van der Waals surface area contributed by atoms with Gasteiger partial charge in [0.2, 0.25) is 0 Å². The molecule has 0 atom stereocenters. The molecule has 0 unspecified atom stereocenters. The SMILES string of the molecule is O=C(NCCCOCc1ccco1)c1c[nH]c2cc(Cl)ccc12. The predicted molar refractivity (Wildman–Crippen MR) is 88.6 cm³/mol. The number of carbonyl (C=O) groups excluding carboxylic acids is 1. The highest BCUT2D eigenvalue weighted by atomic mass is 35.5. The first-order valence-corrected chi connectivity index (χ1v) is 7.77. The molecule has 0 fully saturated rings. The summed E-state index contributed by atoms with van der Waals surface area (Å²) in [6.07, 6.45) is 4.05. The standard InChI is InChI=1S/C17H17ClN2O3/c18-12-4-5-14-15(10-20-16(14)9-12)17(21)19-6-2-7-22-11-13-3-1-8-23-13/h1,3-5,8-10,20H,2,6-7,11H2,(H,19,21). The van der Waals surface area contributed by atoms with Crippen LogP contribution in [0.2, 0.25) is 5.02 Å². The van der Waals surface area contributed by atoms with Gasteiger partial charge in [-0.05, 0) is 30.7 Å². The Morgan fingerprint density at radius 2 is 2.26 bits per heavy atom. The van der Waals surface area contributed by atoms with E-state index in [1.54, 1.807) is 24.6 Å². The van der Waals surface area contributed by atoms with Crippen molar-refractivity contribution in [3.63, 3.8) is 0 Å². The fourth-order valence-corrected chi connectivity index (χ4v) is 2.50. The zero-order chi connectivity index (χ0) is 16.1. The molecule has 5 nitrogen and oxygen atoms in total. The van der Waals surface area contributed by atoms with Gasteiger partial charge in [-0.25, -0.2) is 0 Å². The molecule has 0 aliphatic rings. The van der Waals surface area contributed by atoms with Crippen LogP contribution in [0.25, 0.3) is 10.9 Å². The summed E-state index contributed by atoms with van der Waals surface area (Å²) in [5.41, 5.74) is 1.47. The molecule has 0 radical (unpaired) electrons. The second-order valence-corrected chi connectivity index (χ2v) is 5.57. The molecule has 3 aromatic rings. The number of hydrogen-bond donors (Lipinski definition) is 2. The highest BCUT2D eigenvalue weighted by Gasteiger charge is 2.11. The lowest BCUT2D eigenvalue weighted by molar-refractivity contribution is 0.0918. The van der Waals surface area contributed by atoms with Crippen molar-refractivity contribution in [1.82, 2.24) is 10.3 Å². The van der Waals surface area contributed by atoms with Crippen molar-refractivity contribution in [2.45, 2.75) is 13.0 Å². The first-order valence-electron chi connectivity index (χ1n) is 7.39. The van der Waals surface area contributed by atoms with Gasteiger partial charge in [-0.2, -0.15) is 0 Å². The Kier molecular flexibility index (Phi) is 5.00. The molecule has 0 saturated carbocycles. The summed E-state index contributed by atoms with van der Waals surface area (Å²) >= 11 is 5.94. The van der Waals surface area contributed by atoms with E-state index in [1.807, 2.05) is 18.2 Å². The van der Waals surface area contributed by atoms with E-state index in [-0.39, 0.29) is 5.91 Å². The monoisotopic (exact) mass is 332 g/mol. The van der Waals surface area contributed by atoms with Gasteiger partial charge in [-0.15, -0.1) is 0 Å². The number of carbonyl (C=O) groups is 1. The van der Waals surface area contributed by atoms with Gasteiger partial charge in [0.1, 0.15) is 12.4 Å². The molecule has 3 rings (SSSR count). The van der Waals surface area contributed by atoms with Crippen LogP contribution in [-0.4, -0.2) is 24.0 Å². The Morgan fingerprint density at radius 1 is 1.35 bits per heavy atom. The molecule has 0 aliphatic heterocycles. The van der Waals surface area contributed by atoms with E-state index in [4.69, 9.17) is 20.8 Å². The first kappa shape index (κ1) is 15.6. The number of furan rings is 1. The summed E-state index contributed by atoms with van der Waals surface area (Å²) in [4.78, 5) is 15.3. The average Bonchev–Trinajstić information content (AvgIpc) is 3.19. The summed E-state index contributed by atoms with van der Waals surface area (Å²) in [7, 11) is 0. The van der Waals surface area contributed by atoms with E-state index in [2.05, 4.69) is 10.3 Å². The summed E-state index contributed by atoms with van der Waals surface area (Å²) in [6.45, 7) is 1.56. The Bertz CT molecular complexity index is 780. The maximum absolute atomic E-state index is 12.2. The van der Waals surface area contributed by atoms with Gasteiger partial charge in [0.05, 0.1) is 11.8 Å². The van der Waals surface area contributed by atoms with Crippen LogP contribution in [0.1, 0.15) is 22.5 Å². The van der Waals surface area contributed by atoms with E-state index in [1.165, 1.54) is 0 Å². The van der Waals surface area contributed by atoms with Gasteiger partial charge in [-0.1, -0.05) is 17.7 Å². The highest BCUT2D eigenvalue weighted by molar-refractivity contribution is 6.31. The van der Waals surface area contributed by atoms with Gasteiger partial charge < -0.3 is 19.5 Å². The Hall–Kier alpha value is -2.24. The predicted octanol–water partition coefficient (Wildman–Crippen LogP) is 3.75. The lowest BCUT2D eigenvalue weighted by atomic mass is 10.1. The molecule has 0 bridgehead atoms. The second-order valence-electron chi connectivity index (χ2n) is 5.13. The van der Waals surface area contributed by atoms with Crippen LogP contribution in [0, 0.1) is 0 Å². The van der Waals surface area contributed by atoms with Crippen LogP contribution in [0.4, 0.5) is 0 Å². The third-order valence-corrected chi connectivity index (χ3v) is 3.70. The molecule has 120 valence electrons. The van der Waals surface area contributed by atoms with Crippen molar-refractivity contribution in [2.75, 3.05) is 13.2 Å². The number of halogens is 1. The van der Waals surface area contributed by atoms with Crippen LogP contribution < -0.4 is 5.32 Å². The van der Waals surface area contributed by atoms with Gasteiger partial charge in [0.25, 0.3) is 5.91 Å². The number of ether oxygens (including phenoxy) is 1. The number of aromatic amines is 1. The summed E-state index contributed by atoms with van der Waals surface area (Å²) in [5, 5.41) is 4.39. The van der Waals surface area contributed by atoms with Crippen LogP contribution in [0.5, 0.6) is 0 Å². The minimum atomic E-state index is -0.107. The Balaban J connectivity index is 1.43. The van der Waals surface area contributed by atoms with E-state index in [0.717, 1.165) is 23.1 Å². The molecule has 2 aromatic heterocycles. The number of hydrogen-bond acceptors (Lipinski definition) is 3. The molecule has 23 heavy (non-hydrogen) atoms. The van der Waals surface area contributed by atoms with Crippen molar-refractivity contribution < 1.29 is 13.9 Å². The van der Waals surface area contributed by atoms with Crippen LogP contribution in [-0.2, 0) is 11.3 Å². The zero-order valence-corrected chi connectivity index (χ0v) is 13.2. The van der Waals surface area contributed by atoms with Crippen LogP contribution in [0.3, 0.4) is 0 Å². The molecular formula is C17H17ClN2O3. The molecular weight excluding hydrogens is 316 g/mol. The summed E-state index contributed by atoms with van der Waals surface area (Å²) in [6, 6.07) is 9.11. The molecule has 1 aromatic carbocycles. The van der Waals surface area contributed by atoms with E-state index < -0.39 is 0 Å². The summed E-state index contributed by atoms with van der Waals surface area (Å²) in [5.74, 6) is 0.691. The molecule has 2 N–H and O–H groups in total. The molecule has 1 amide bonds. The normalized spacial score (nSPS) is 11.0. The minimum Gasteiger partial charge on any atom is -0.467 e. The minimum absolute atomic E-state index is 0.107. The lowest BCUT2D eigenvalue weighted by Crippen LogP contribution is -2.25. The summed E-state index contributed by atoms with van der Waals surface area (Å²) < 4.78 is 10.6. The second kappa shape index (κ2) is 7.35. The molecule has 6 heteroatoms. The number of fused-ring (bicyclic) bond motifs is 1. The lowest BCUT2D eigenvalue weighted by Gasteiger charge is -2.05. The molecule has 2 heterocycles. The van der Waals surface area contributed by atoms with Gasteiger partial charge in [0.15, 0.2) is 0 Å². The van der Waals surface area contributed by atoms with Gasteiger partial charge >= 0.3 is 0 Å². The van der Waals surface area contributed by atoms with Crippen molar-refractivity contribution in [1.29, 1.82) is 0 Å².